The molecule has 25 heavy (non-hydrogen) atoms. The predicted octanol–water partition coefficient (Wildman–Crippen LogP) is 3.72. The lowest BCUT2D eigenvalue weighted by Crippen LogP contribution is -2.40. The topological polar surface area (TPSA) is 62.7 Å². The van der Waals surface area contributed by atoms with Gasteiger partial charge in [-0.15, -0.1) is 0 Å². The van der Waals surface area contributed by atoms with Crippen molar-refractivity contribution in [2.75, 3.05) is 18.1 Å². The second kappa shape index (κ2) is 7.64. The minimum Gasteiger partial charge on any atom is -0.443 e. The Morgan fingerprint density at radius 1 is 1.36 bits per heavy atom. The standard InChI is InChI=1S/C18H26F2N2O3/c1-17(2,3)25-16(24)22-11-5-6-13-8-9-14(21-15(13)22)7-4-10-18(19,20)12-23/h8-9,23H,4-7,10-12H2,1-3H3. The molecule has 7 heteroatoms. The van der Waals surface area contributed by atoms with E-state index in [9.17, 15) is 13.6 Å². The highest BCUT2D eigenvalue weighted by molar-refractivity contribution is 5.88. The fourth-order valence-corrected chi connectivity index (χ4v) is 2.72. The highest BCUT2D eigenvalue weighted by atomic mass is 19.3. The van der Waals surface area contributed by atoms with Crippen molar-refractivity contribution in [2.45, 2.75) is 64.4 Å². The number of nitrogens with zero attached hydrogens (tertiary/aromatic N) is 2. The van der Waals surface area contributed by atoms with Crippen molar-refractivity contribution in [1.82, 2.24) is 4.98 Å². The summed E-state index contributed by atoms with van der Waals surface area (Å²) in [5.41, 5.74) is 1.02. The van der Waals surface area contributed by atoms with Crippen LogP contribution in [0.1, 0.15) is 51.3 Å². The molecule has 1 aliphatic heterocycles. The number of halogens is 2. The van der Waals surface area contributed by atoms with Crippen LogP contribution in [0.5, 0.6) is 0 Å². The summed E-state index contributed by atoms with van der Waals surface area (Å²) in [6.45, 7) is 4.81. The van der Waals surface area contributed by atoms with Crippen LogP contribution in [-0.2, 0) is 17.6 Å². The lowest BCUT2D eigenvalue weighted by Gasteiger charge is -2.31. The van der Waals surface area contributed by atoms with Crippen molar-refractivity contribution in [3.63, 3.8) is 0 Å². The molecule has 0 saturated carbocycles. The van der Waals surface area contributed by atoms with E-state index in [0.717, 1.165) is 18.4 Å². The maximum absolute atomic E-state index is 13.1. The predicted molar refractivity (Wildman–Crippen MR) is 91.1 cm³/mol. The quantitative estimate of drug-likeness (QED) is 0.873. The lowest BCUT2D eigenvalue weighted by atomic mass is 10.0. The number of amides is 1. The zero-order valence-electron chi connectivity index (χ0n) is 15.0. The number of aliphatic hydroxyl groups excluding tert-OH is 1. The Morgan fingerprint density at radius 2 is 2.08 bits per heavy atom. The molecule has 2 rings (SSSR count). The van der Waals surface area contributed by atoms with Crippen LogP contribution in [0, 0.1) is 0 Å². The van der Waals surface area contributed by atoms with Gasteiger partial charge in [0.1, 0.15) is 18.0 Å². The van der Waals surface area contributed by atoms with Crippen molar-refractivity contribution < 1.29 is 23.4 Å². The number of ether oxygens (including phenoxy) is 1. The van der Waals surface area contributed by atoms with E-state index in [1.807, 2.05) is 12.1 Å². The largest absolute Gasteiger partial charge is 0.443 e. The number of hydrogen-bond donors (Lipinski definition) is 1. The number of carbonyl (C=O) groups is 1. The number of aryl methyl sites for hydroxylation is 2. The molecule has 1 aromatic heterocycles. The molecule has 0 radical (unpaired) electrons. The zero-order chi connectivity index (χ0) is 18.7. The summed E-state index contributed by atoms with van der Waals surface area (Å²) in [4.78, 5) is 18.4. The molecule has 0 bridgehead atoms. The third-order valence-corrected chi connectivity index (χ3v) is 3.92. The first kappa shape index (κ1) is 19.6. The van der Waals surface area contributed by atoms with Gasteiger partial charge < -0.3 is 9.84 Å². The van der Waals surface area contributed by atoms with Gasteiger partial charge in [-0.2, -0.15) is 0 Å². The number of hydrogen-bond acceptors (Lipinski definition) is 4. The maximum atomic E-state index is 13.1. The van der Waals surface area contributed by atoms with Gasteiger partial charge in [-0.3, -0.25) is 4.90 Å². The number of aliphatic hydroxyl groups is 1. The number of carbonyl (C=O) groups excluding carboxylic acids is 1. The fraction of sp³-hybridized carbons (Fsp3) is 0.667. The Labute approximate surface area is 147 Å². The highest BCUT2D eigenvalue weighted by Crippen LogP contribution is 2.28. The number of aromatic nitrogens is 1. The summed E-state index contributed by atoms with van der Waals surface area (Å²) in [6.07, 6.45) is 1.40. The second-order valence-electron chi connectivity index (χ2n) is 7.39. The number of rotatable bonds is 5. The minimum atomic E-state index is -3.06. The van der Waals surface area contributed by atoms with Crippen molar-refractivity contribution in [2.24, 2.45) is 0 Å². The first-order chi connectivity index (χ1) is 11.6. The number of alkyl halides is 2. The van der Waals surface area contributed by atoms with Crippen LogP contribution in [0.25, 0.3) is 0 Å². The molecule has 0 spiro atoms. The smallest absolute Gasteiger partial charge is 0.416 e. The van der Waals surface area contributed by atoms with Gasteiger partial charge in [-0.1, -0.05) is 6.07 Å². The van der Waals surface area contributed by atoms with Crippen LogP contribution in [0.15, 0.2) is 12.1 Å². The van der Waals surface area contributed by atoms with E-state index in [4.69, 9.17) is 9.84 Å². The van der Waals surface area contributed by atoms with Gasteiger partial charge in [0.2, 0.25) is 0 Å². The van der Waals surface area contributed by atoms with E-state index in [0.29, 0.717) is 24.5 Å². The molecule has 0 aromatic carbocycles. The van der Waals surface area contributed by atoms with Crippen LogP contribution >= 0.6 is 0 Å². The zero-order valence-corrected chi connectivity index (χ0v) is 15.0. The average molecular weight is 356 g/mol. The molecule has 1 N–H and O–H groups in total. The third kappa shape index (κ3) is 5.63. The Kier molecular flexibility index (Phi) is 5.98. The maximum Gasteiger partial charge on any atom is 0.416 e. The van der Waals surface area contributed by atoms with Gasteiger partial charge in [-0.05, 0) is 58.1 Å². The van der Waals surface area contributed by atoms with Gasteiger partial charge in [0.25, 0.3) is 5.92 Å². The van der Waals surface area contributed by atoms with Gasteiger partial charge in [0.05, 0.1) is 0 Å². The Balaban J connectivity index is 2.10. The highest BCUT2D eigenvalue weighted by Gasteiger charge is 2.29. The SMILES string of the molecule is CC(C)(C)OC(=O)N1CCCc2ccc(CCCC(F)(F)CO)nc21. The molecule has 1 aliphatic rings. The van der Waals surface area contributed by atoms with Gasteiger partial charge >= 0.3 is 6.09 Å². The molecular formula is C18H26F2N2O3. The van der Waals surface area contributed by atoms with Crippen LogP contribution in [0.3, 0.4) is 0 Å². The Bertz CT molecular complexity index is 615. The van der Waals surface area contributed by atoms with E-state index in [2.05, 4.69) is 4.98 Å². The van der Waals surface area contributed by atoms with Gasteiger partial charge in [0, 0.05) is 18.7 Å². The summed E-state index contributed by atoms with van der Waals surface area (Å²) in [7, 11) is 0. The molecule has 5 nitrogen and oxygen atoms in total. The van der Waals surface area contributed by atoms with Crippen LogP contribution in [-0.4, -0.2) is 40.9 Å². The van der Waals surface area contributed by atoms with Crippen molar-refractivity contribution in [3.8, 4) is 0 Å². The first-order valence-electron chi connectivity index (χ1n) is 8.59. The normalized spacial score (nSPS) is 15.0. The van der Waals surface area contributed by atoms with Gasteiger partial charge in [0.15, 0.2) is 0 Å². The second-order valence-corrected chi connectivity index (χ2v) is 7.39. The molecule has 0 atom stereocenters. The van der Waals surface area contributed by atoms with Gasteiger partial charge in [-0.25, -0.2) is 18.6 Å². The third-order valence-electron chi connectivity index (χ3n) is 3.92. The molecule has 1 amide bonds. The monoisotopic (exact) mass is 356 g/mol. The minimum absolute atomic E-state index is 0.214. The molecular weight excluding hydrogens is 330 g/mol. The van der Waals surface area contributed by atoms with E-state index < -0.39 is 30.6 Å². The molecule has 0 unspecified atom stereocenters. The van der Waals surface area contributed by atoms with Crippen molar-refractivity contribution in [3.05, 3.63) is 23.4 Å². The summed E-state index contributed by atoms with van der Waals surface area (Å²) in [5.74, 6) is -2.50. The van der Waals surface area contributed by atoms with E-state index in [1.165, 1.54) is 4.90 Å². The van der Waals surface area contributed by atoms with Crippen LogP contribution in [0.4, 0.5) is 19.4 Å². The molecule has 0 aliphatic carbocycles. The summed E-state index contributed by atoms with van der Waals surface area (Å²) in [6, 6.07) is 3.72. The van der Waals surface area contributed by atoms with E-state index in [1.54, 1.807) is 20.8 Å². The van der Waals surface area contributed by atoms with E-state index >= 15 is 0 Å². The molecule has 0 fully saturated rings. The number of pyridine rings is 1. The fourth-order valence-electron chi connectivity index (χ4n) is 2.72. The number of fused-ring (bicyclic) bond motifs is 1. The molecule has 1 aromatic rings. The van der Waals surface area contributed by atoms with Crippen LogP contribution < -0.4 is 4.90 Å². The Morgan fingerprint density at radius 3 is 2.72 bits per heavy atom. The lowest BCUT2D eigenvalue weighted by molar-refractivity contribution is -0.0574. The van der Waals surface area contributed by atoms with Crippen LogP contribution in [0.2, 0.25) is 0 Å². The van der Waals surface area contributed by atoms with Crippen molar-refractivity contribution in [1.29, 1.82) is 0 Å². The van der Waals surface area contributed by atoms with Crippen molar-refractivity contribution >= 4 is 11.9 Å². The summed E-state index contributed by atoms with van der Waals surface area (Å²) in [5, 5.41) is 8.61. The molecule has 0 saturated heterocycles. The summed E-state index contributed by atoms with van der Waals surface area (Å²) < 4.78 is 31.7. The summed E-state index contributed by atoms with van der Waals surface area (Å²) >= 11 is 0. The molecule has 140 valence electrons. The average Bonchev–Trinajstić information content (AvgIpc) is 2.52. The van der Waals surface area contributed by atoms with E-state index in [-0.39, 0.29) is 6.42 Å². The Hall–Kier alpha value is -1.76. The first-order valence-corrected chi connectivity index (χ1v) is 8.59. The molecule has 2 heterocycles. The number of anilines is 1.